The number of amidine groups is 1. The van der Waals surface area contributed by atoms with E-state index in [0.29, 0.717) is 11.3 Å². The fraction of sp³-hybridized carbons (Fsp3) is 0.333. The zero-order valence-corrected chi connectivity index (χ0v) is 18.1. The summed E-state index contributed by atoms with van der Waals surface area (Å²) in [6.07, 6.45) is 6.50. The number of nitrogens with zero attached hydrogens (tertiary/aromatic N) is 4. The number of hydrogen-bond donors (Lipinski definition) is 3. The Bertz CT molecular complexity index is 1030. The van der Waals surface area contributed by atoms with Gasteiger partial charge in [-0.05, 0) is 43.5 Å². The van der Waals surface area contributed by atoms with Crippen LogP contribution in [0.4, 0.5) is 11.6 Å². The van der Waals surface area contributed by atoms with Crippen LogP contribution < -0.4 is 16.2 Å². The van der Waals surface area contributed by atoms with E-state index in [1.54, 1.807) is 42.7 Å². The van der Waals surface area contributed by atoms with Crippen molar-refractivity contribution in [1.29, 1.82) is 0 Å². The molecule has 2 aromatic rings. The molecule has 166 valence electrons. The Hall–Kier alpha value is -3.47. The number of carbonyl (C=O) groups excluding carboxylic acids is 3. The summed E-state index contributed by atoms with van der Waals surface area (Å²) in [5.74, 6) is -0.725. The molecule has 2 aliphatic rings. The minimum Gasteiger partial charge on any atom is -0.351 e. The van der Waals surface area contributed by atoms with Crippen molar-refractivity contribution >= 4 is 46.3 Å². The van der Waals surface area contributed by atoms with Gasteiger partial charge in [0.25, 0.3) is 11.8 Å². The number of piperidine rings is 1. The molecule has 11 heteroatoms. The van der Waals surface area contributed by atoms with Crippen LogP contribution in [-0.4, -0.2) is 56.1 Å². The number of benzene rings is 1. The number of thioether (sulfide) groups is 1. The molecule has 2 aliphatic heterocycles. The van der Waals surface area contributed by atoms with Crippen LogP contribution in [0.2, 0.25) is 0 Å². The van der Waals surface area contributed by atoms with Crippen LogP contribution in [0.3, 0.4) is 0 Å². The van der Waals surface area contributed by atoms with E-state index in [1.807, 2.05) is 0 Å². The quantitative estimate of drug-likeness (QED) is 0.567. The van der Waals surface area contributed by atoms with Crippen molar-refractivity contribution in [3.05, 3.63) is 48.3 Å². The predicted octanol–water partition coefficient (Wildman–Crippen LogP) is 2.05. The highest BCUT2D eigenvalue weighted by atomic mass is 32.2. The van der Waals surface area contributed by atoms with Crippen molar-refractivity contribution in [2.24, 2.45) is 4.99 Å². The predicted molar refractivity (Wildman–Crippen MR) is 122 cm³/mol. The van der Waals surface area contributed by atoms with Gasteiger partial charge in [0.1, 0.15) is 5.25 Å². The summed E-state index contributed by atoms with van der Waals surface area (Å²) in [6, 6.07) is 8.18. The molecule has 3 heterocycles. The molecule has 0 radical (unpaired) electrons. The van der Waals surface area contributed by atoms with Crippen molar-refractivity contribution in [3.63, 3.8) is 0 Å². The Balaban J connectivity index is 1.29. The normalized spacial score (nSPS) is 18.1. The molecule has 0 aliphatic carbocycles. The van der Waals surface area contributed by atoms with Gasteiger partial charge >= 0.3 is 0 Å². The van der Waals surface area contributed by atoms with Gasteiger partial charge in [0.2, 0.25) is 11.9 Å². The van der Waals surface area contributed by atoms with Crippen molar-refractivity contribution < 1.29 is 14.4 Å². The van der Waals surface area contributed by atoms with Gasteiger partial charge in [0, 0.05) is 43.2 Å². The number of aromatic nitrogens is 2. The number of amides is 3. The summed E-state index contributed by atoms with van der Waals surface area (Å²) in [5, 5.41) is 2.96. The number of anilines is 2. The van der Waals surface area contributed by atoms with E-state index in [9.17, 15) is 14.4 Å². The Kier molecular flexibility index (Phi) is 6.95. The van der Waals surface area contributed by atoms with E-state index in [4.69, 9.17) is 0 Å². The van der Waals surface area contributed by atoms with Gasteiger partial charge in [-0.2, -0.15) is 4.99 Å². The first-order chi connectivity index (χ1) is 15.6. The minimum absolute atomic E-state index is 0.0215. The van der Waals surface area contributed by atoms with Crippen molar-refractivity contribution in [3.8, 4) is 0 Å². The van der Waals surface area contributed by atoms with E-state index in [0.717, 1.165) is 31.1 Å². The number of hydrazine groups is 1. The second-order valence-electron chi connectivity index (χ2n) is 7.37. The van der Waals surface area contributed by atoms with Crippen LogP contribution in [0, 0.1) is 0 Å². The molecule has 10 nitrogen and oxygen atoms in total. The third kappa shape index (κ3) is 5.61. The first-order valence-electron chi connectivity index (χ1n) is 10.4. The molecule has 3 amide bonds. The number of carbonyl (C=O) groups is 3. The van der Waals surface area contributed by atoms with Crippen LogP contribution in [0.5, 0.6) is 0 Å². The van der Waals surface area contributed by atoms with Gasteiger partial charge in [0.15, 0.2) is 5.17 Å². The second kappa shape index (κ2) is 10.2. The monoisotopic (exact) mass is 453 g/mol. The number of nitrogens with one attached hydrogen (secondary N) is 3. The van der Waals surface area contributed by atoms with Gasteiger partial charge in [-0.3, -0.25) is 25.2 Å². The molecule has 32 heavy (non-hydrogen) atoms. The molecule has 1 fully saturated rings. The molecule has 1 unspecified atom stereocenters. The van der Waals surface area contributed by atoms with Gasteiger partial charge < -0.3 is 10.2 Å². The van der Waals surface area contributed by atoms with E-state index in [-0.39, 0.29) is 24.2 Å². The fourth-order valence-corrected chi connectivity index (χ4v) is 4.51. The number of likely N-dealkylation sites (tertiary alicyclic amines) is 1. The molecule has 4 rings (SSSR count). The average Bonchev–Trinajstić information content (AvgIpc) is 3.19. The Morgan fingerprint density at radius 2 is 1.88 bits per heavy atom. The first-order valence-corrected chi connectivity index (χ1v) is 11.2. The molecule has 1 saturated heterocycles. The van der Waals surface area contributed by atoms with Crippen molar-refractivity contribution in [1.82, 2.24) is 20.3 Å². The Morgan fingerprint density at radius 1 is 1.09 bits per heavy atom. The topological polar surface area (TPSA) is 129 Å². The van der Waals surface area contributed by atoms with Gasteiger partial charge in [0.05, 0.1) is 0 Å². The van der Waals surface area contributed by atoms with E-state index in [2.05, 4.69) is 36.0 Å². The number of rotatable bonds is 6. The third-order valence-electron chi connectivity index (χ3n) is 4.99. The van der Waals surface area contributed by atoms with Gasteiger partial charge in [-0.15, -0.1) is 0 Å². The highest BCUT2D eigenvalue weighted by molar-refractivity contribution is 8.15. The van der Waals surface area contributed by atoms with Crippen molar-refractivity contribution in [2.45, 2.75) is 30.9 Å². The SMILES string of the molecule is O=C(CC1SC(N2CCCCC2)=NC1=O)Nc1cccc(C(=O)NNc2ncccn2)c1. The van der Waals surface area contributed by atoms with E-state index >= 15 is 0 Å². The molecule has 0 spiro atoms. The van der Waals surface area contributed by atoms with Crippen molar-refractivity contribution in [2.75, 3.05) is 23.8 Å². The summed E-state index contributed by atoms with van der Waals surface area (Å²) in [7, 11) is 0. The average molecular weight is 454 g/mol. The maximum Gasteiger partial charge on any atom is 0.269 e. The lowest BCUT2D eigenvalue weighted by molar-refractivity contribution is -0.121. The van der Waals surface area contributed by atoms with E-state index < -0.39 is 11.2 Å². The zero-order chi connectivity index (χ0) is 22.3. The lowest BCUT2D eigenvalue weighted by Crippen LogP contribution is -2.33. The molecule has 1 aromatic carbocycles. The molecular weight excluding hydrogens is 430 g/mol. The molecule has 3 N–H and O–H groups in total. The summed E-state index contributed by atoms with van der Waals surface area (Å²) in [4.78, 5) is 51.3. The minimum atomic E-state index is -0.520. The van der Waals surface area contributed by atoms with Crippen LogP contribution in [0.25, 0.3) is 0 Å². The number of aliphatic imine (C=N–C) groups is 1. The lowest BCUT2D eigenvalue weighted by atomic mass is 10.1. The first kappa shape index (κ1) is 21.8. The van der Waals surface area contributed by atoms with Gasteiger partial charge in [-0.25, -0.2) is 9.97 Å². The van der Waals surface area contributed by atoms with Crippen LogP contribution in [0.15, 0.2) is 47.7 Å². The third-order valence-corrected chi connectivity index (χ3v) is 6.20. The Labute approximate surface area is 189 Å². The smallest absolute Gasteiger partial charge is 0.269 e. The second-order valence-corrected chi connectivity index (χ2v) is 8.54. The molecular formula is C21H23N7O3S. The van der Waals surface area contributed by atoms with Gasteiger partial charge in [-0.1, -0.05) is 17.8 Å². The lowest BCUT2D eigenvalue weighted by Gasteiger charge is -2.27. The molecule has 0 bridgehead atoms. The fourth-order valence-electron chi connectivity index (χ4n) is 3.40. The number of hydrogen-bond acceptors (Lipinski definition) is 8. The maximum absolute atomic E-state index is 12.5. The van der Waals surface area contributed by atoms with E-state index in [1.165, 1.54) is 18.2 Å². The summed E-state index contributed by atoms with van der Waals surface area (Å²) in [6.45, 7) is 1.80. The molecule has 0 saturated carbocycles. The Morgan fingerprint density at radius 3 is 2.66 bits per heavy atom. The summed E-state index contributed by atoms with van der Waals surface area (Å²) in [5.41, 5.74) is 5.93. The summed E-state index contributed by atoms with van der Waals surface area (Å²) >= 11 is 1.36. The molecule has 1 atom stereocenters. The maximum atomic E-state index is 12.5. The highest BCUT2D eigenvalue weighted by Gasteiger charge is 2.33. The molecule has 1 aromatic heterocycles. The standard InChI is InChI=1S/C21H23N7O3S/c29-17(13-16-19(31)25-21(32-16)28-10-2-1-3-11-28)24-15-7-4-6-14(12-15)18(30)26-27-20-22-8-5-9-23-20/h4-9,12,16H,1-3,10-11,13H2,(H,24,29)(H,26,30)(H,22,23,27). The highest BCUT2D eigenvalue weighted by Crippen LogP contribution is 2.29. The van der Waals surface area contributed by atoms with Crippen LogP contribution >= 0.6 is 11.8 Å². The summed E-state index contributed by atoms with van der Waals surface area (Å²) < 4.78 is 0. The van der Waals surface area contributed by atoms with Crippen LogP contribution in [0.1, 0.15) is 36.0 Å². The largest absolute Gasteiger partial charge is 0.351 e. The zero-order valence-electron chi connectivity index (χ0n) is 17.3. The van der Waals surface area contributed by atoms with Crippen LogP contribution in [-0.2, 0) is 9.59 Å².